The van der Waals surface area contributed by atoms with Gasteiger partial charge in [0.15, 0.2) is 0 Å². The van der Waals surface area contributed by atoms with Crippen LogP contribution in [0.3, 0.4) is 0 Å². The highest BCUT2D eigenvalue weighted by Crippen LogP contribution is 2.35. The summed E-state index contributed by atoms with van der Waals surface area (Å²) in [5.74, 6) is 0.810. The molecule has 3 rings (SSSR count). The number of nitrogens with one attached hydrogen (secondary N) is 1. The summed E-state index contributed by atoms with van der Waals surface area (Å²) in [7, 11) is 0. The fourth-order valence-electron chi connectivity index (χ4n) is 5.08. The number of piperidine rings is 1. The maximum absolute atomic E-state index is 13.1. The summed E-state index contributed by atoms with van der Waals surface area (Å²) < 4.78 is 0. The van der Waals surface area contributed by atoms with Crippen molar-refractivity contribution < 1.29 is 14.4 Å². The molecule has 2 saturated heterocycles. The lowest BCUT2D eigenvalue weighted by molar-refractivity contribution is -0.163. The standard InChI is InChI=1S/C21H35N3O3/c1-4-11-24-19(26)17(14-15(2)3)22-20(27)21(24)9-12-23(13-10-21)18(25)16-7-5-6-8-16/h15-17H,4-14H2,1-3H3,(H,22,27). The first kappa shape index (κ1) is 20.2. The second-order valence-corrected chi connectivity index (χ2v) is 8.98. The minimum atomic E-state index is -0.771. The Hall–Kier alpha value is -1.59. The van der Waals surface area contributed by atoms with Gasteiger partial charge in [-0.25, -0.2) is 0 Å². The van der Waals surface area contributed by atoms with Gasteiger partial charge in [0.2, 0.25) is 17.7 Å². The van der Waals surface area contributed by atoms with Crippen molar-refractivity contribution in [2.75, 3.05) is 19.6 Å². The van der Waals surface area contributed by atoms with E-state index in [4.69, 9.17) is 0 Å². The molecule has 1 aliphatic carbocycles. The molecule has 0 aromatic rings. The predicted molar refractivity (Wildman–Crippen MR) is 104 cm³/mol. The predicted octanol–water partition coefficient (Wildman–Crippen LogP) is 2.32. The van der Waals surface area contributed by atoms with Gasteiger partial charge in [0.25, 0.3) is 0 Å². The van der Waals surface area contributed by atoms with Gasteiger partial charge in [-0.3, -0.25) is 14.4 Å². The molecule has 3 amide bonds. The first-order valence-corrected chi connectivity index (χ1v) is 10.8. The number of carbonyl (C=O) groups excluding carboxylic acids is 3. The first-order valence-electron chi connectivity index (χ1n) is 10.8. The molecule has 1 spiro atoms. The van der Waals surface area contributed by atoms with Crippen LogP contribution in [-0.4, -0.2) is 58.7 Å². The van der Waals surface area contributed by atoms with Crippen LogP contribution in [0, 0.1) is 11.8 Å². The number of nitrogens with zero attached hydrogens (tertiary/aromatic N) is 2. The van der Waals surface area contributed by atoms with Crippen molar-refractivity contribution in [3.8, 4) is 0 Å². The molecule has 6 heteroatoms. The largest absolute Gasteiger partial charge is 0.342 e. The molecule has 152 valence electrons. The number of hydrogen-bond acceptors (Lipinski definition) is 3. The Labute approximate surface area is 163 Å². The van der Waals surface area contributed by atoms with Crippen molar-refractivity contribution in [3.05, 3.63) is 0 Å². The third-order valence-electron chi connectivity index (χ3n) is 6.57. The SMILES string of the molecule is CCCN1C(=O)C(CC(C)C)NC(=O)C12CCN(C(=O)C1CCCC1)CC2. The summed E-state index contributed by atoms with van der Waals surface area (Å²) in [5.41, 5.74) is -0.771. The van der Waals surface area contributed by atoms with Gasteiger partial charge < -0.3 is 15.1 Å². The van der Waals surface area contributed by atoms with E-state index in [0.717, 1.165) is 32.1 Å². The van der Waals surface area contributed by atoms with Crippen LogP contribution in [0.15, 0.2) is 0 Å². The highest BCUT2D eigenvalue weighted by Gasteiger charge is 2.53. The van der Waals surface area contributed by atoms with Gasteiger partial charge in [0.05, 0.1) is 0 Å². The summed E-state index contributed by atoms with van der Waals surface area (Å²) in [4.78, 5) is 42.8. The Morgan fingerprint density at radius 1 is 1.19 bits per heavy atom. The van der Waals surface area contributed by atoms with Crippen molar-refractivity contribution in [1.29, 1.82) is 0 Å². The number of hydrogen-bond donors (Lipinski definition) is 1. The van der Waals surface area contributed by atoms with Gasteiger partial charge in [0.1, 0.15) is 11.6 Å². The van der Waals surface area contributed by atoms with Crippen LogP contribution in [0.1, 0.15) is 72.1 Å². The van der Waals surface area contributed by atoms with E-state index >= 15 is 0 Å². The average Bonchev–Trinajstić information content (AvgIpc) is 3.18. The maximum Gasteiger partial charge on any atom is 0.246 e. The Balaban J connectivity index is 1.73. The zero-order chi connectivity index (χ0) is 19.6. The number of rotatable bonds is 5. The molecular formula is C21H35N3O3. The Bertz CT molecular complexity index is 575. The monoisotopic (exact) mass is 377 g/mol. The minimum absolute atomic E-state index is 0.0193. The number of piperazine rings is 1. The summed E-state index contributed by atoms with van der Waals surface area (Å²) in [6, 6.07) is -0.409. The molecule has 6 nitrogen and oxygen atoms in total. The van der Waals surface area contributed by atoms with E-state index in [1.807, 2.05) is 16.7 Å². The van der Waals surface area contributed by atoms with Crippen LogP contribution in [-0.2, 0) is 14.4 Å². The smallest absolute Gasteiger partial charge is 0.246 e. The molecule has 2 aliphatic heterocycles. The molecule has 0 bridgehead atoms. The number of likely N-dealkylation sites (tertiary alicyclic amines) is 1. The van der Waals surface area contributed by atoms with Gasteiger partial charge >= 0.3 is 0 Å². The number of amides is 3. The lowest BCUT2D eigenvalue weighted by Gasteiger charge is -2.52. The Kier molecular flexibility index (Phi) is 6.11. The molecular weight excluding hydrogens is 342 g/mol. The van der Waals surface area contributed by atoms with Gasteiger partial charge in [0, 0.05) is 25.6 Å². The molecule has 2 heterocycles. The van der Waals surface area contributed by atoms with E-state index in [-0.39, 0.29) is 23.6 Å². The van der Waals surface area contributed by atoms with Gasteiger partial charge in [-0.1, -0.05) is 33.6 Å². The van der Waals surface area contributed by atoms with E-state index in [2.05, 4.69) is 19.2 Å². The fourth-order valence-corrected chi connectivity index (χ4v) is 5.08. The summed E-state index contributed by atoms with van der Waals surface area (Å²) in [6.45, 7) is 7.94. The highest BCUT2D eigenvalue weighted by molar-refractivity contribution is 6.00. The molecule has 1 atom stereocenters. The van der Waals surface area contributed by atoms with Crippen LogP contribution >= 0.6 is 0 Å². The van der Waals surface area contributed by atoms with Crippen LogP contribution in [0.5, 0.6) is 0 Å². The van der Waals surface area contributed by atoms with Crippen LogP contribution in [0.25, 0.3) is 0 Å². The van der Waals surface area contributed by atoms with E-state index < -0.39 is 11.6 Å². The zero-order valence-electron chi connectivity index (χ0n) is 17.1. The lowest BCUT2D eigenvalue weighted by atomic mass is 9.80. The molecule has 1 N–H and O–H groups in total. The molecule has 0 aromatic carbocycles. The summed E-state index contributed by atoms with van der Waals surface area (Å²) >= 11 is 0. The quantitative estimate of drug-likeness (QED) is 0.799. The molecule has 3 fully saturated rings. The molecule has 27 heavy (non-hydrogen) atoms. The van der Waals surface area contributed by atoms with Crippen LogP contribution in [0.2, 0.25) is 0 Å². The van der Waals surface area contributed by atoms with Crippen molar-refractivity contribution in [2.24, 2.45) is 11.8 Å². The van der Waals surface area contributed by atoms with Crippen LogP contribution in [0.4, 0.5) is 0 Å². The molecule has 0 aromatic heterocycles. The Morgan fingerprint density at radius 2 is 1.81 bits per heavy atom. The van der Waals surface area contributed by atoms with E-state index in [0.29, 0.717) is 44.8 Å². The van der Waals surface area contributed by atoms with Gasteiger partial charge in [-0.2, -0.15) is 0 Å². The lowest BCUT2D eigenvalue weighted by Crippen LogP contribution is -2.73. The topological polar surface area (TPSA) is 69.7 Å². The van der Waals surface area contributed by atoms with E-state index in [1.54, 1.807) is 0 Å². The zero-order valence-corrected chi connectivity index (χ0v) is 17.1. The van der Waals surface area contributed by atoms with Gasteiger partial charge in [-0.15, -0.1) is 0 Å². The third-order valence-corrected chi connectivity index (χ3v) is 6.57. The third kappa shape index (κ3) is 3.85. The summed E-state index contributed by atoms with van der Waals surface area (Å²) in [5, 5.41) is 3.01. The van der Waals surface area contributed by atoms with Crippen molar-refractivity contribution >= 4 is 17.7 Å². The second kappa shape index (κ2) is 8.19. The van der Waals surface area contributed by atoms with E-state index in [9.17, 15) is 14.4 Å². The average molecular weight is 378 g/mol. The minimum Gasteiger partial charge on any atom is -0.342 e. The molecule has 1 unspecified atom stereocenters. The van der Waals surface area contributed by atoms with Gasteiger partial charge in [-0.05, 0) is 44.4 Å². The van der Waals surface area contributed by atoms with Crippen LogP contribution < -0.4 is 5.32 Å². The molecule has 3 aliphatic rings. The molecule has 0 radical (unpaired) electrons. The maximum atomic E-state index is 13.1. The van der Waals surface area contributed by atoms with Crippen molar-refractivity contribution in [3.63, 3.8) is 0 Å². The Morgan fingerprint density at radius 3 is 2.37 bits per heavy atom. The molecule has 1 saturated carbocycles. The van der Waals surface area contributed by atoms with E-state index in [1.165, 1.54) is 0 Å². The highest BCUT2D eigenvalue weighted by atomic mass is 16.2. The normalized spacial score (nSPS) is 26.1. The summed E-state index contributed by atoms with van der Waals surface area (Å²) in [6.07, 6.45) is 6.90. The first-order chi connectivity index (χ1) is 12.9. The van der Waals surface area contributed by atoms with Crippen molar-refractivity contribution in [1.82, 2.24) is 15.1 Å². The van der Waals surface area contributed by atoms with Crippen molar-refractivity contribution in [2.45, 2.75) is 83.7 Å². The fraction of sp³-hybridized carbons (Fsp3) is 0.857. The number of carbonyl (C=O) groups is 3. The second-order valence-electron chi connectivity index (χ2n) is 8.98.